The summed E-state index contributed by atoms with van der Waals surface area (Å²) in [7, 11) is 0. The van der Waals surface area contributed by atoms with E-state index in [0.717, 1.165) is 0 Å². The van der Waals surface area contributed by atoms with E-state index in [4.69, 9.17) is 0 Å². The van der Waals surface area contributed by atoms with Crippen molar-refractivity contribution in [3.63, 3.8) is 0 Å². The van der Waals surface area contributed by atoms with E-state index < -0.39 is 0 Å². The Morgan fingerprint density at radius 3 is 1.18 bits per heavy atom. The van der Waals surface area contributed by atoms with Crippen LogP contribution in [0.4, 0.5) is 0 Å². The Kier molecular flexibility index (Phi) is 3.96. The Balaban J connectivity index is 0.000001000. The molecule has 0 spiro atoms. The first kappa shape index (κ1) is 11.4. The smallest absolute Gasteiger partial charge is 0.196 e. The Morgan fingerprint density at radius 1 is 0.818 bits per heavy atom. The Morgan fingerprint density at radius 2 is 1.09 bits per heavy atom. The summed E-state index contributed by atoms with van der Waals surface area (Å²) in [5, 5.41) is 0. The van der Waals surface area contributed by atoms with Crippen molar-refractivity contribution in [1.82, 2.24) is 0 Å². The standard InChI is InChI=1S/C10H15.Na/c1-6-7(2)9(4)10(5)8(6)3;/h1-5H3;/q-1;+1. The largest absolute Gasteiger partial charge is 1.00 e. The molecule has 0 saturated carbocycles. The van der Waals surface area contributed by atoms with Gasteiger partial charge < -0.3 is 0 Å². The Labute approximate surface area is 91.7 Å². The molecule has 0 fully saturated rings. The molecule has 0 aromatic heterocycles. The topological polar surface area (TPSA) is 0 Å². The molecule has 0 radical (unpaired) electrons. The molecule has 0 nitrogen and oxygen atoms in total. The molecule has 0 bridgehead atoms. The zero-order valence-electron chi connectivity index (χ0n) is 8.50. The van der Waals surface area contributed by atoms with E-state index in [9.17, 15) is 0 Å². The minimum Gasteiger partial charge on any atom is -0.196 e. The van der Waals surface area contributed by atoms with Gasteiger partial charge in [0.05, 0.1) is 0 Å². The molecule has 11 heavy (non-hydrogen) atoms. The van der Waals surface area contributed by atoms with Gasteiger partial charge in [-0.15, -0.1) is 0 Å². The molecule has 0 N–H and O–H groups in total. The van der Waals surface area contributed by atoms with E-state index in [1.807, 2.05) is 0 Å². The monoisotopic (exact) mass is 158 g/mol. The zero-order valence-corrected chi connectivity index (χ0v) is 10.5. The molecule has 0 aliphatic heterocycles. The minimum absolute atomic E-state index is 0. The normalized spacial score (nSPS) is 9.55. The predicted octanol–water partition coefficient (Wildman–Crippen LogP) is -0.0484. The summed E-state index contributed by atoms with van der Waals surface area (Å²) < 4.78 is 0. The van der Waals surface area contributed by atoms with E-state index in [2.05, 4.69) is 34.6 Å². The summed E-state index contributed by atoms with van der Waals surface area (Å²) in [5.74, 6) is 0. The van der Waals surface area contributed by atoms with Gasteiger partial charge in [-0.3, -0.25) is 0 Å². The van der Waals surface area contributed by atoms with Gasteiger partial charge in [-0.25, -0.2) is 0 Å². The predicted molar refractivity (Wildman–Crippen MR) is 45.7 cm³/mol. The SMILES string of the molecule is Cc1c(C)c(C)[c-](C)c1C.[Na+]. The Hall–Kier alpha value is 0.350. The van der Waals surface area contributed by atoms with Gasteiger partial charge in [-0.05, 0) is 0 Å². The van der Waals surface area contributed by atoms with Gasteiger partial charge >= 0.3 is 29.6 Å². The van der Waals surface area contributed by atoms with Gasteiger partial charge in [0.15, 0.2) is 0 Å². The fraction of sp³-hybridized carbons (Fsp3) is 0.500. The van der Waals surface area contributed by atoms with Crippen LogP contribution >= 0.6 is 0 Å². The summed E-state index contributed by atoms with van der Waals surface area (Å²) in [4.78, 5) is 0. The van der Waals surface area contributed by atoms with E-state index in [-0.39, 0.29) is 29.6 Å². The van der Waals surface area contributed by atoms with Gasteiger partial charge in [0.25, 0.3) is 0 Å². The van der Waals surface area contributed by atoms with Crippen LogP contribution in [-0.2, 0) is 0 Å². The van der Waals surface area contributed by atoms with Crippen LogP contribution in [0.3, 0.4) is 0 Å². The molecule has 1 aromatic rings. The summed E-state index contributed by atoms with van der Waals surface area (Å²) in [6.07, 6.45) is 0. The zero-order chi connectivity index (χ0) is 7.89. The first-order valence-corrected chi connectivity index (χ1v) is 3.75. The molecular formula is C10H15Na. The van der Waals surface area contributed by atoms with Crippen molar-refractivity contribution in [2.24, 2.45) is 0 Å². The fourth-order valence-corrected chi connectivity index (χ4v) is 1.41. The minimum atomic E-state index is 0. The van der Waals surface area contributed by atoms with Gasteiger partial charge in [-0.1, -0.05) is 34.6 Å². The first-order chi connectivity index (χ1) is 4.55. The second-order valence-electron chi connectivity index (χ2n) is 3.12. The maximum Gasteiger partial charge on any atom is 1.00 e. The maximum atomic E-state index is 2.20. The molecule has 1 aromatic carbocycles. The molecule has 1 rings (SSSR count). The molecule has 0 amide bonds. The van der Waals surface area contributed by atoms with E-state index in [0.29, 0.717) is 0 Å². The molecule has 0 aliphatic carbocycles. The number of rotatable bonds is 0. The summed E-state index contributed by atoms with van der Waals surface area (Å²) >= 11 is 0. The van der Waals surface area contributed by atoms with Gasteiger partial charge in [-0.2, -0.15) is 27.8 Å². The number of hydrogen-bond donors (Lipinski definition) is 0. The van der Waals surface area contributed by atoms with Crippen molar-refractivity contribution >= 4 is 0 Å². The summed E-state index contributed by atoms with van der Waals surface area (Å²) in [6.45, 7) is 11.0. The van der Waals surface area contributed by atoms with Crippen LogP contribution < -0.4 is 29.6 Å². The molecule has 0 atom stereocenters. The Bertz CT molecular complexity index is 176. The number of hydrogen-bond acceptors (Lipinski definition) is 0. The van der Waals surface area contributed by atoms with Crippen LogP contribution in [0, 0.1) is 34.6 Å². The second kappa shape index (κ2) is 3.84. The van der Waals surface area contributed by atoms with E-state index in [1.165, 1.54) is 27.8 Å². The van der Waals surface area contributed by atoms with Crippen LogP contribution in [0.15, 0.2) is 0 Å². The molecule has 1 heteroatoms. The van der Waals surface area contributed by atoms with Gasteiger partial charge in [0, 0.05) is 0 Å². The summed E-state index contributed by atoms with van der Waals surface area (Å²) in [6, 6.07) is 0. The van der Waals surface area contributed by atoms with Crippen LogP contribution in [0.1, 0.15) is 27.8 Å². The molecule has 0 aliphatic rings. The van der Waals surface area contributed by atoms with E-state index >= 15 is 0 Å². The molecule has 0 unspecified atom stereocenters. The maximum absolute atomic E-state index is 2.20. The summed E-state index contributed by atoms with van der Waals surface area (Å²) in [5.41, 5.74) is 7.34. The van der Waals surface area contributed by atoms with E-state index in [1.54, 1.807) is 0 Å². The van der Waals surface area contributed by atoms with Crippen molar-refractivity contribution in [2.75, 3.05) is 0 Å². The van der Waals surface area contributed by atoms with Crippen molar-refractivity contribution in [1.29, 1.82) is 0 Å². The fourth-order valence-electron chi connectivity index (χ4n) is 1.41. The van der Waals surface area contributed by atoms with Crippen molar-refractivity contribution < 1.29 is 29.6 Å². The van der Waals surface area contributed by atoms with Crippen molar-refractivity contribution in [2.45, 2.75) is 34.6 Å². The average Bonchev–Trinajstić information content (AvgIpc) is 2.07. The van der Waals surface area contributed by atoms with Crippen LogP contribution in [0.25, 0.3) is 0 Å². The first-order valence-electron chi connectivity index (χ1n) is 3.75. The van der Waals surface area contributed by atoms with Gasteiger partial charge in [0.1, 0.15) is 0 Å². The van der Waals surface area contributed by atoms with Gasteiger partial charge in [0.2, 0.25) is 0 Å². The average molecular weight is 158 g/mol. The van der Waals surface area contributed by atoms with Crippen LogP contribution in [-0.4, -0.2) is 0 Å². The van der Waals surface area contributed by atoms with Crippen LogP contribution in [0.5, 0.6) is 0 Å². The third kappa shape index (κ3) is 1.74. The molecule has 0 heterocycles. The molecule has 56 valence electrons. The second-order valence-corrected chi connectivity index (χ2v) is 3.12. The molecular weight excluding hydrogens is 143 g/mol. The van der Waals surface area contributed by atoms with Crippen molar-refractivity contribution in [3.05, 3.63) is 27.8 Å². The van der Waals surface area contributed by atoms with Crippen molar-refractivity contribution in [3.8, 4) is 0 Å². The third-order valence-electron chi connectivity index (χ3n) is 2.81. The third-order valence-corrected chi connectivity index (χ3v) is 2.81. The quantitative estimate of drug-likeness (QED) is 0.367. The van der Waals surface area contributed by atoms with Crippen LogP contribution in [0.2, 0.25) is 0 Å². The molecule has 0 saturated heterocycles.